The molecule has 0 atom stereocenters. The first-order chi connectivity index (χ1) is 11.6. The van der Waals surface area contributed by atoms with Crippen molar-refractivity contribution in [3.63, 3.8) is 0 Å². The highest BCUT2D eigenvalue weighted by Crippen LogP contribution is 2.21. The Balaban J connectivity index is 0.00000312. The summed E-state index contributed by atoms with van der Waals surface area (Å²) in [7, 11) is 1.92. The maximum atomic E-state index is 6.19. The molecule has 0 radical (unpaired) electrons. The van der Waals surface area contributed by atoms with Crippen molar-refractivity contribution >= 4 is 53.1 Å². The van der Waals surface area contributed by atoms with Gasteiger partial charge in [0.1, 0.15) is 0 Å². The molecule has 0 aliphatic heterocycles. The molecule has 2 N–H and O–H groups in total. The predicted molar refractivity (Wildman–Crippen MR) is 116 cm³/mol. The molecule has 0 aliphatic rings. The van der Waals surface area contributed by atoms with Gasteiger partial charge < -0.3 is 10.6 Å². The topological polar surface area (TPSA) is 54.2 Å². The van der Waals surface area contributed by atoms with Crippen molar-refractivity contribution in [1.29, 1.82) is 0 Å². The zero-order chi connectivity index (χ0) is 17.4. The average Bonchev–Trinajstić information content (AvgIpc) is 2.96. The van der Waals surface area contributed by atoms with Crippen LogP contribution < -0.4 is 10.6 Å². The summed E-state index contributed by atoms with van der Waals surface area (Å²) in [5.74, 6) is 0.806. The number of hydrogen-bond donors (Lipinski definition) is 2. The van der Waals surface area contributed by atoms with Crippen LogP contribution in [0.2, 0.25) is 10.0 Å². The van der Waals surface area contributed by atoms with Gasteiger partial charge in [-0.2, -0.15) is 5.10 Å². The van der Waals surface area contributed by atoms with Gasteiger partial charge in [-0.25, -0.2) is 4.99 Å². The second-order valence-corrected chi connectivity index (χ2v) is 6.25. The summed E-state index contributed by atoms with van der Waals surface area (Å²) in [6.45, 7) is 4.28. The number of hydrogen-bond acceptors (Lipinski definition) is 2. The molecule has 138 valence electrons. The smallest absolute Gasteiger partial charge is 0.191 e. The Labute approximate surface area is 176 Å². The Kier molecular flexibility index (Phi) is 10.2. The van der Waals surface area contributed by atoms with Crippen molar-refractivity contribution in [1.82, 2.24) is 20.4 Å². The van der Waals surface area contributed by atoms with E-state index in [-0.39, 0.29) is 24.0 Å². The minimum absolute atomic E-state index is 0. The highest BCUT2D eigenvalue weighted by molar-refractivity contribution is 14.0. The first-order valence-corrected chi connectivity index (χ1v) is 8.78. The molecule has 0 unspecified atom stereocenters. The van der Waals surface area contributed by atoms with E-state index in [1.54, 1.807) is 12.3 Å². The maximum Gasteiger partial charge on any atom is 0.191 e. The molecule has 0 amide bonds. The summed E-state index contributed by atoms with van der Waals surface area (Å²) in [6.07, 6.45) is 3.63. The molecule has 1 heterocycles. The van der Waals surface area contributed by atoms with Crippen molar-refractivity contribution < 1.29 is 0 Å². The van der Waals surface area contributed by atoms with Crippen LogP contribution in [-0.2, 0) is 20.0 Å². The maximum absolute atomic E-state index is 6.19. The quantitative estimate of drug-likeness (QED) is 0.264. The van der Waals surface area contributed by atoms with E-state index in [2.05, 4.69) is 27.6 Å². The highest BCUT2D eigenvalue weighted by Gasteiger charge is 2.03. The highest BCUT2D eigenvalue weighted by atomic mass is 127. The number of aromatic nitrogens is 2. The fourth-order valence-electron chi connectivity index (χ4n) is 2.27. The van der Waals surface area contributed by atoms with Crippen molar-refractivity contribution in [2.24, 2.45) is 12.0 Å². The van der Waals surface area contributed by atoms with Crippen LogP contribution in [0.1, 0.15) is 24.6 Å². The van der Waals surface area contributed by atoms with Gasteiger partial charge in [0.15, 0.2) is 5.96 Å². The molecule has 1 aromatic carbocycles. The lowest BCUT2D eigenvalue weighted by Gasteiger charge is -2.11. The first kappa shape index (κ1) is 22.1. The number of halogens is 3. The Bertz CT molecular complexity index is 687. The zero-order valence-corrected chi connectivity index (χ0v) is 18.3. The van der Waals surface area contributed by atoms with E-state index in [9.17, 15) is 0 Å². The number of guanidine groups is 1. The zero-order valence-electron chi connectivity index (χ0n) is 14.4. The van der Waals surface area contributed by atoms with Gasteiger partial charge in [0.25, 0.3) is 0 Å². The van der Waals surface area contributed by atoms with Gasteiger partial charge >= 0.3 is 0 Å². The summed E-state index contributed by atoms with van der Waals surface area (Å²) in [5, 5.41) is 12.1. The van der Waals surface area contributed by atoms with Crippen molar-refractivity contribution in [3.05, 3.63) is 51.8 Å². The Morgan fingerprint density at radius 2 is 2.04 bits per heavy atom. The average molecular weight is 496 g/mol. The lowest BCUT2D eigenvalue weighted by Crippen LogP contribution is -2.37. The molecule has 2 rings (SSSR count). The van der Waals surface area contributed by atoms with Crippen LogP contribution in [0, 0.1) is 0 Å². The minimum Gasteiger partial charge on any atom is -0.357 e. The molecular weight excluding hydrogens is 472 g/mol. The monoisotopic (exact) mass is 495 g/mol. The van der Waals surface area contributed by atoms with E-state index in [0.29, 0.717) is 11.6 Å². The third-order valence-corrected chi connectivity index (χ3v) is 4.18. The van der Waals surface area contributed by atoms with Gasteiger partial charge in [-0.3, -0.25) is 4.68 Å². The van der Waals surface area contributed by atoms with Crippen LogP contribution in [0.5, 0.6) is 0 Å². The van der Waals surface area contributed by atoms with E-state index < -0.39 is 0 Å². The van der Waals surface area contributed by atoms with Gasteiger partial charge in [-0.1, -0.05) is 29.3 Å². The van der Waals surface area contributed by atoms with Crippen molar-refractivity contribution in [2.75, 3.05) is 13.1 Å². The van der Waals surface area contributed by atoms with Crippen LogP contribution in [-0.4, -0.2) is 28.8 Å². The van der Waals surface area contributed by atoms with E-state index >= 15 is 0 Å². The molecular formula is C17H24Cl2IN5. The van der Waals surface area contributed by atoms with E-state index in [1.807, 2.05) is 29.9 Å². The van der Waals surface area contributed by atoms with Gasteiger partial charge in [0.05, 0.1) is 12.2 Å². The molecule has 0 spiro atoms. The molecule has 0 saturated carbocycles. The summed E-state index contributed by atoms with van der Waals surface area (Å²) >= 11 is 12.1. The van der Waals surface area contributed by atoms with Crippen LogP contribution in [0.15, 0.2) is 35.5 Å². The van der Waals surface area contributed by atoms with Crippen LogP contribution in [0.3, 0.4) is 0 Å². The SMILES string of the molecule is CCNC(=NCc1ccnn1C)NCCCc1ccc(Cl)cc1Cl.I. The van der Waals surface area contributed by atoms with E-state index in [0.717, 1.165) is 48.2 Å². The lowest BCUT2D eigenvalue weighted by molar-refractivity contribution is 0.703. The summed E-state index contributed by atoms with van der Waals surface area (Å²) < 4.78 is 1.83. The molecule has 25 heavy (non-hydrogen) atoms. The number of aliphatic imine (C=N–C) groups is 1. The Hall–Kier alpha value is -0.990. The van der Waals surface area contributed by atoms with Gasteiger partial charge in [0, 0.05) is 36.4 Å². The van der Waals surface area contributed by atoms with E-state index in [1.165, 1.54) is 0 Å². The number of rotatable bonds is 7. The number of aryl methyl sites for hydroxylation is 2. The second kappa shape index (κ2) is 11.6. The summed E-state index contributed by atoms with van der Waals surface area (Å²) in [4.78, 5) is 4.58. The van der Waals surface area contributed by atoms with Crippen molar-refractivity contribution in [3.8, 4) is 0 Å². The largest absolute Gasteiger partial charge is 0.357 e. The minimum atomic E-state index is 0. The fraction of sp³-hybridized carbons (Fsp3) is 0.412. The fourth-order valence-corrected chi connectivity index (χ4v) is 2.77. The normalized spacial score (nSPS) is 11.1. The van der Waals surface area contributed by atoms with Gasteiger partial charge in [0.2, 0.25) is 0 Å². The predicted octanol–water partition coefficient (Wildman–Crippen LogP) is 4.03. The third kappa shape index (κ3) is 7.42. The number of benzene rings is 1. The van der Waals surface area contributed by atoms with Crippen LogP contribution >= 0.6 is 47.2 Å². The Morgan fingerprint density at radius 1 is 1.24 bits per heavy atom. The molecule has 2 aromatic rings. The lowest BCUT2D eigenvalue weighted by atomic mass is 10.1. The molecule has 0 saturated heterocycles. The summed E-state index contributed by atoms with van der Waals surface area (Å²) in [5.41, 5.74) is 2.18. The molecule has 5 nitrogen and oxygen atoms in total. The molecule has 0 aliphatic carbocycles. The summed E-state index contributed by atoms with van der Waals surface area (Å²) in [6, 6.07) is 7.60. The van der Waals surface area contributed by atoms with Gasteiger partial charge in [-0.05, 0) is 43.5 Å². The van der Waals surface area contributed by atoms with Crippen LogP contribution in [0.4, 0.5) is 0 Å². The van der Waals surface area contributed by atoms with Crippen molar-refractivity contribution in [2.45, 2.75) is 26.3 Å². The molecule has 0 fully saturated rings. The number of nitrogens with zero attached hydrogens (tertiary/aromatic N) is 3. The molecule has 0 bridgehead atoms. The second-order valence-electron chi connectivity index (χ2n) is 5.41. The number of nitrogens with one attached hydrogen (secondary N) is 2. The van der Waals surface area contributed by atoms with E-state index in [4.69, 9.17) is 23.2 Å². The Morgan fingerprint density at radius 3 is 2.68 bits per heavy atom. The standard InChI is InChI=1S/C17H23Cl2N5.HI/c1-3-20-17(22-12-15-8-10-23-24(15)2)21-9-4-5-13-6-7-14(18)11-16(13)19;/h6-8,10-11H,3-5,9,12H2,1-2H3,(H2,20,21,22);1H. The molecule has 8 heteroatoms. The molecule has 1 aromatic heterocycles. The van der Waals surface area contributed by atoms with Crippen LogP contribution in [0.25, 0.3) is 0 Å². The first-order valence-electron chi connectivity index (χ1n) is 8.03. The third-order valence-electron chi connectivity index (χ3n) is 3.60. The van der Waals surface area contributed by atoms with Gasteiger partial charge in [-0.15, -0.1) is 24.0 Å².